The highest BCUT2D eigenvalue weighted by atomic mass is 16.5. The van der Waals surface area contributed by atoms with E-state index in [4.69, 9.17) is 4.74 Å². The van der Waals surface area contributed by atoms with Gasteiger partial charge >= 0.3 is 0 Å². The molecule has 116 valence electrons. The zero-order valence-corrected chi connectivity index (χ0v) is 12.4. The highest BCUT2D eigenvalue weighted by Gasteiger charge is 2.06. The Labute approximate surface area is 130 Å². The Morgan fingerprint density at radius 2 is 1.95 bits per heavy atom. The third kappa shape index (κ3) is 5.54. The van der Waals surface area contributed by atoms with Crippen molar-refractivity contribution in [2.75, 3.05) is 18.5 Å². The molecule has 2 aromatic rings. The second kappa shape index (κ2) is 8.79. The summed E-state index contributed by atoms with van der Waals surface area (Å²) in [6.45, 7) is 1.18. The summed E-state index contributed by atoms with van der Waals surface area (Å²) >= 11 is 0. The van der Waals surface area contributed by atoms with Crippen LogP contribution in [0.2, 0.25) is 0 Å². The van der Waals surface area contributed by atoms with Gasteiger partial charge in [-0.1, -0.05) is 30.3 Å². The molecule has 0 saturated heterocycles. The normalized spacial score (nSPS) is 10.4. The maximum atomic E-state index is 11.7. The van der Waals surface area contributed by atoms with Gasteiger partial charge in [-0.05, 0) is 30.5 Å². The molecule has 1 aromatic carbocycles. The number of benzene rings is 1. The van der Waals surface area contributed by atoms with E-state index in [9.17, 15) is 9.90 Å². The first-order valence-electron chi connectivity index (χ1n) is 7.31. The van der Waals surface area contributed by atoms with Crippen molar-refractivity contribution >= 4 is 11.7 Å². The fraction of sp³-hybridized carbons (Fsp3) is 0.294. The van der Waals surface area contributed by atoms with Crippen molar-refractivity contribution in [3.05, 3.63) is 54.2 Å². The fourth-order valence-corrected chi connectivity index (χ4v) is 1.96. The van der Waals surface area contributed by atoms with Crippen LogP contribution < -0.4 is 5.32 Å². The molecule has 0 fully saturated rings. The predicted octanol–water partition coefficient (Wildman–Crippen LogP) is 2.77. The summed E-state index contributed by atoms with van der Waals surface area (Å²) in [6, 6.07) is 13.2. The van der Waals surface area contributed by atoms with Crippen molar-refractivity contribution in [3.63, 3.8) is 0 Å². The van der Waals surface area contributed by atoms with Gasteiger partial charge in [0.05, 0.1) is 6.61 Å². The molecule has 1 heterocycles. The number of rotatable bonds is 8. The van der Waals surface area contributed by atoms with Crippen LogP contribution in [0, 0.1) is 0 Å². The molecule has 0 spiro atoms. The van der Waals surface area contributed by atoms with E-state index in [2.05, 4.69) is 22.4 Å². The van der Waals surface area contributed by atoms with Crippen LogP contribution >= 0.6 is 0 Å². The Kier molecular flexibility index (Phi) is 6.39. The maximum Gasteiger partial charge on any atom is 0.225 e. The summed E-state index contributed by atoms with van der Waals surface area (Å²) in [5.41, 5.74) is 1.24. The third-order valence-corrected chi connectivity index (χ3v) is 3.11. The van der Waals surface area contributed by atoms with Crippen LogP contribution in [0.4, 0.5) is 5.82 Å². The molecule has 0 aliphatic carbocycles. The van der Waals surface area contributed by atoms with Gasteiger partial charge in [-0.2, -0.15) is 0 Å². The zero-order valence-electron chi connectivity index (χ0n) is 12.4. The van der Waals surface area contributed by atoms with E-state index in [0.717, 1.165) is 6.42 Å². The summed E-state index contributed by atoms with van der Waals surface area (Å²) in [7, 11) is 0. The van der Waals surface area contributed by atoms with E-state index < -0.39 is 0 Å². The zero-order chi connectivity index (χ0) is 15.6. The van der Waals surface area contributed by atoms with Gasteiger partial charge in [0.15, 0.2) is 11.6 Å². The lowest BCUT2D eigenvalue weighted by atomic mass is 10.2. The first-order valence-corrected chi connectivity index (χ1v) is 7.31. The van der Waals surface area contributed by atoms with Crippen molar-refractivity contribution in [2.45, 2.75) is 19.3 Å². The smallest absolute Gasteiger partial charge is 0.225 e. The maximum absolute atomic E-state index is 11.7. The molecular weight excluding hydrogens is 280 g/mol. The lowest BCUT2D eigenvalue weighted by Gasteiger charge is -2.06. The summed E-state index contributed by atoms with van der Waals surface area (Å²) in [4.78, 5) is 15.6. The molecule has 0 saturated carbocycles. The number of aromatic hydroxyl groups is 1. The van der Waals surface area contributed by atoms with Crippen LogP contribution in [-0.2, 0) is 16.0 Å². The second-order valence-corrected chi connectivity index (χ2v) is 4.87. The standard InChI is InChI=1S/C17H20N2O3/c20-15-8-4-11-18-17(15)19-16(21)9-5-12-22-13-10-14-6-2-1-3-7-14/h1-4,6-8,11,20H,5,9-10,12-13H2,(H,18,19,21). The summed E-state index contributed by atoms with van der Waals surface area (Å²) in [5, 5.41) is 12.1. The molecule has 2 rings (SSSR count). The van der Waals surface area contributed by atoms with E-state index in [0.29, 0.717) is 26.1 Å². The number of amides is 1. The minimum Gasteiger partial charge on any atom is -0.504 e. The minimum atomic E-state index is -0.180. The molecule has 2 N–H and O–H groups in total. The Morgan fingerprint density at radius 1 is 1.14 bits per heavy atom. The molecule has 0 aliphatic rings. The van der Waals surface area contributed by atoms with Gasteiger partial charge in [0.25, 0.3) is 0 Å². The van der Waals surface area contributed by atoms with Gasteiger partial charge in [0, 0.05) is 19.2 Å². The highest BCUT2D eigenvalue weighted by molar-refractivity contribution is 5.90. The predicted molar refractivity (Wildman–Crippen MR) is 84.7 cm³/mol. The van der Waals surface area contributed by atoms with Crippen LogP contribution in [0.25, 0.3) is 0 Å². The van der Waals surface area contributed by atoms with E-state index in [1.54, 1.807) is 6.07 Å². The first kappa shape index (κ1) is 16.0. The molecule has 0 atom stereocenters. The number of carbonyl (C=O) groups is 1. The number of pyridine rings is 1. The molecule has 22 heavy (non-hydrogen) atoms. The van der Waals surface area contributed by atoms with Crippen molar-refractivity contribution < 1.29 is 14.6 Å². The Balaban J connectivity index is 1.57. The first-order chi connectivity index (χ1) is 10.8. The molecule has 1 aromatic heterocycles. The van der Waals surface area contributed by atoms with Gasteiger partial charge in [-0.3, -0.25) is 4.79 Å². The van der Waals surface area contributed by atoms with Crippen LogP contribution in [0.15, 0.2) is 48.7 Å². The van der Waals surface area contributed by atoms with Crippen molar-refractivity contribution in [1.82, 2.24) is 4.98 Å². The SMILES string of the molecule is O=C(CCCOCCc1ccccc1)Nc1ncccc1O. The second-order valence-electron chi connectivity index (χ2n) is 4.87. The number of hydrogen-bond acceptors (Lipinski definition) is 4. The van der Waals surface area contributed by atoms with Gasteiger partial charge in [0.2, 0.25) is 5.91 Å². The molecule has 1 amide bonds. The number of anilines is 1. The Bertz CT molecular complexity index is 587. The van der Waals surface area contributed by atoms with Crippen LogP contribution in [0.5, 0.6) is 5.75 Å². The lowest BCUT2D eigenvalue weighted by Crippen LogP contribution is -2.13. The Morgan fingerprint density at radius 3 is 2.73 bits per heavy atom. The number of hydrogen-bond donors (Lipinski definition) is 2. The minimum absolute atomic E-state index is 0.0324. The van der Waals surface area contributed by atoms with E-state index in [1.807, 2.05) is 18.2 Å². The topological polar surface area (TPSA) is 71.5 Å². The van der Waals surface area contributed by atoms with Gasteiger partial charge < -0.3 is 15.2 Å². The van der Waals surface area contributed by atoms with E-state index in [-0.39, 0.29) is 17.5 Å². The van der Waals surface area contributed by atoms with Crippen molar-refractivity contribution in [2.24, 2.45) is 0 Å². The van der Waals surface area contributed by atoms with E-state index in [1.165, 1.54) is 17.8 Å². The average molecular weight is 300 g/mol. The fourth-order valence-electron chi connectivity index (χ4n) is 1.96. The molecular formula is C17H20N2O3. The van der Waals surface area contributed by atoms with Crippen molar-refractivity contribution in [3.8, 4) is 5.75 Å². The largest absolute Gasteiger partial charge is 0.504 e. The van der Waals surface area contributed by atoms with Crippen LogP contribution in [0.1, 0.15) is 18.4 Å². The molecule has 5 nitrogen and oxygen atoms in total. The molecule has 0 unspecified atom stereocenters. The lowest BCUT2D eigenvalue weighted by molar-refractivity contribution is -0.116. The highest BCUT2D eigenvalue weighted by Crippen LogP contribution is 2.18. The number of ether oxygens (including phenoxy) is 1. The number of carbonyl (C=O) groups excluding carboxylic acids is 1. The Hall–Kier alpha value is -2.40. The van der Waals surface area contributed by atoms with Crippen molar-refractivity contribution in [1.29, 1.82) is 0 Å². The summed E-state index contributed by atoms with van der Waals surface area (Å²) < 4.78 is 5.52. The summed E-state index contributed by atoms with van der Waals surface area (Å²) in [5.74, 6) is -0.0203. The average Bonchev–Trinajstić information content (AvgIpc) is 2.54. The molecule has 0 bridgehead atoms. The molecule has 5 heteroatoms. The number of nitrogens with zero attached hydrogens (tertiary/aromatic N) is 1. The quantitative estimate of drug-likeness (QED) is 0.735. The van der Waals surface area contributed by atoms with Gasteiger partial charge in [-0.15, -0.1) is 0 Å². The number of aromatic nitrogens is 1. The van der Waals surface area contributed by atoms with E-state index >= 15 is 0 Å². The monoisotopic (exact) mass is 300 g/mol. The molecule has 0 aliphatic heterocycles. The van der Waals surface area contributed by atoms with Gasteiger partial charge in [0.1, 0.15) is 0 Å². The third-order valence-electron chi connectivity index (χ3n) is 3.11. The summed E-state index contributed by atoms with van der Waals surface area (Å²) in [6.07, 6.45) is 3.35. The van der Waals surface area contributed by atoms with Gasteiger partial charge in [-0.25, -0.2) is 4.98 Å². The number of nitrogens with one attached hydrogen (secondary N) is 1. The molecule has 0 radical (unpaired) electrons. The van der Waals surface area contributed by atoms with Crippen LogP contribution in [-0.4, -0.2) is 29.2 Å². The van der Waals surface area contributed by atoms with Crippen LogP contribution in [0.3, 0.4) is 0 Å².